The van der Waals surface area contributed by atoms with Gasteiger partial charge in [0.05, 0.1) is 24.3 Å². The van der Waals surface area contributed by atoms with Crippen LogP contribution in [-0.2, 0) is 11.8 Å². The molecule has 1 aliphatic rings. The molecule has 0 aliphatic carbocycles. The summed E-state index contributed by atoms with van der Waals surface area (Å²) in [4.78, 5) is 24.9. The first-order valence-corrected chi connectivity index (χ1v) is 11.7. The molecular formula is C25H29N7O3. The van der Waals surface area contributed by atoms with E-state index in [0.29, 0.717) is 36.3 Å². The summed E-state index contributed by atoms with van der Waals surface area (Å²) in [6, 6.07) is 7.51. The number of aromatic amines is 1. The molecule has 1 aromatic carbocycles. The van der Waals surface area contributed by atoms with Crippen LogP contribution < -0.4 is 15.4 Å². The summed E-state index contributed by atoms with van der Waals surface area (Å²) in [5.41, 5.74) is 4.93. The molecule has 0 bridgehead atoms. The third kappa shape index (κ3) is 4.44. The van der Waals surface area contributed by atoms with E-state index in [0.717, 1.165) is 34.3 Å². The number of aryl methyl sites for hydroxylation is 1. The first-order chi connectivity index (χ1) is 16.9. The fraction of sp³-hybridized carbons (Fsp3) is 0.360. The van der Waals surface area contributed by atoms with Crippen molar-refractivity contribution in [2.24, 2.45) is 7.05 Å². The third-order valence-electron chi connectivity index (χ3n) is 6.17. The summed E-state index contributed by atoms with van der Waals surface area (Å²) in [7, 11) is 3.52. The number of nitrogens with one attached hydrogen (secondary N) is 3. The Kier molecular flexibility index (Phi) is 6.12. The number of benzene rings is 1. The van der Waals surface area contributed by atoms with Gasteiger partial charge in [-0.05, 0) is 35.7 Å². The van der Waals surface area contributed by atoms with Gasteiger partial charge in [0.25, 0.3) is 5.91 Å². The summed E-state index contributed by atoms with van der Waals surface area (Å²) in [5.74, 6) is 0.941. The Morgan fingerprint density at radius 3 is 2.83 bits per heavy atom. The van der Waals surface area contributed by atoms with Gasteiger partial charge in [-0.1, -0.05) is 13.8 Å². The number of H-pyrrole nitrogens is 1. The molecule has 10 heteroatoms. The number of carbonyl (C=O) groups is 1. The zero-order valence-corrected chi connectivity index (χ0v) is 20.3. The van der Waals surface area contributed by atoms with Gasteiger partial charge in [-0.3, -0.25) is 9.48 Å². The molecule has 182 valence electrons. The lowest BCUT2D eigenvalue weighted by Crippen LogP contribution is -2.18. The molecule has 3 N–H and O–H groups in total. The van der Waals surface area contributed by atoms with Gasteiger partial charge in [-0.2, -0.15) is 15.1 Å². The monoisotopic (exact) mass is 475 g/mol. The normalized spacial score (nSPS) is 15.6. The number of carbonyl (C=O) groups excluding carboxylic acids is 1. The Morgan fingerprint density at radius 1 is 1.29 bits per heavy atom. The molecule has 1 amide bonds. The number of ether oxygens (including phenoxy) is 2. The number of hydrogen-bond donors (Lipinski definition) is 3. The Hall–Kier alpha value is -3.92. The van der Waals surface area contributed by atoms with Crippen LogP contribution in [0, 0.1) is 0 Å². The molecule has 1 fully saturated rings. The second-order valence-electron chi connectivity index (χ2n) is 8.88. The van der Waals surface area contributed by atoms with E-state index in [-0.39, 0.29) is 17.9 Å². The maximum absolute atomic E-state index is 12.1. The highest BCUT2D eigenvalue weighted by molar-refractivity contribution is 5.97. The van der Waals surface area contributed by atoms with Crippen LogP contribution in [0.3, 0.4) is 0 Å². The van der Waals surface area contributed by atoms with Crippen molar-refractivity contribution in [2.45, 2.75) is 32.3 Å². The SMILES string of the molecule is CNC(=O)c1ccc(Nc2nc(O[C@H]3CCOC3)c3c(-c4ccnn4C)c[nH]c3n2)c(C(C)C)c1. The Balaban J connectivity index is 1.57. The van der Waals surface area contributed by atoms with Gasteiger partial charge in [0.2, 0.25) is 11.8 Å². The lowest BCUT2D eigenvalue weighted by molar-refractivity contribution is 0.0963. The Morgan fingerprint density at radius 2 is 2.14 bits per heavy atom. The van der Waals surface area contributed by atoms with E-state index >= 15 is 0 Å². The maximum atomic E-state index is 12.1. The van der Waals surface area contributed by atoms with Gasteiger partial charge >= 0.3 is 0 Å². The fourth-order valence-electron chi connectivity index (χ4n) is 4.31. The van der Waals surface area contributed by atoms with Crippen LogP contribution in [-0.4, -0.2) is 57.0 Å². The minimum atomic E-state index is -0.125. The summed E-state index contributed by atoms with van der Waals surface area (Å²) >= 11 is 0. The van der Waals surface area contributed by atoms with Crippen molar-refractivity contribution in [1.82, 2.24) is 30.0 Å². The molecule has 4 heterocycles. The van der Waals surface area contributed by atoms with Gasteiger partial charge in [-0.25, -0.2) is 0 Å². The highest BCUT2D eigenvalue weighted by Gasteiger charge is 2.24. The number of hydrogen-bond acceptors (Lipinski definition) is 7. The summed E-state index contributed by atoms with van der Waals surface area (Å²) in [6.07, 6.45) is 4.38. The molecule has 0 radical (unpaired) electrons. The molecule has 1 aliphatic heterocycles. The molecule has 0 spiro atoms. The van der Waals surface area contributed by atoms with Crippen LogP contribution in [0.1, 0.15) is 42.1 Å². The molecule has 0 saturated carbocycles. The van der Waals surface area contributed by atoms with Gasteiger partial charge in [0, 0.05) is 49.7 Å². The minimum Gasteiger partial charge on any atom is -0.471 e. The smallest absolute Gasteiger partial charge is 0.251 e. The average Bonchev–Trinajstić information content (AvgIpc) is 3.60. The van der Waals surface area contributed by atoms with Crippen molar-refractivity contribution in [1.29, 1.82) is 0 Å². The van der Waals surface area contributed by atoms with Gasteiger partial charge < -0.3 is 25.1 Å². The van der Waals surface area contributed by atoms with Crippen molar-refractivity contribution in [2.75, 3.05) is 25.6 Å². The predicted octanol–water partition coefficient (Wildman–Crippen LogP) is 3.75. The molecule has 0 unspecified atom stereocenters. The predicted molar refractivity (Wildman–Crippen MR) is 133 cm³/mol. The molecule has 5 rings (SSSR count). The van der Waals surface area contributed by atoms with Crippen molar-refractivity contribution < 1.29 is 14.3 Å². The second kappa shape index (κ2) is 9.38. The Labute approximate surface area is 203 Å². The van der Waals surface area contributed by atoms with Crippen LogP contribution in [0.25, 0.3) is 22.3 Å². The summed E-state index contributed by atoms with van der Waals surface area (Å²) in [5, 5.41) is 11.1. The Bertz CT molecular complexity index is 1370. The van der Waals surface area contributed by atoms with Crippen molar-refractivity contribution in [3.8, 4) is 17.1 Å². The number of nitrogens with zero attached hydrogens (tertiary/aromatic N) is 4. The first-order valence-electron chi connectivity index (χ1n) is 11.7. The van der Waals surface area contributed by atoms with Crippen LogP contribution in [0.4, 0.5) is 11.6 Å². The molecule has 35 heavy (non-hydrogen) atoms. The van der Waals surface area contributed by atoms with E-state index in [1.54, 1.807) is 24.0 Å². The van der Waals surface area contributed by atoms with E-state index in [4.69, 9.17) is 19.4 Å². The number of fused-ring (bicyclic) bond motifs is 1. The average molecular weight is 476 g/mol. The van der Waals surface area contributed by atoms with Crippen LogP contribution in [0.5, 0.6) is 5.88 Å². The van der Waals surface area contributed by atoms with E-state index in [9.17, 15) is 4.79 Å². The van der Waals surface area contributed by atoms with E-state index in [1.165, 1.54) is 0 Å². The van der Waals surface area contributed by atoms with E-state index < -0.39 is 0 Å². The fourth-order valence-corrected chi connectivity index (χ4v) is 4.31. The highest BCUT2D eigenvalue weighted by Crippen LogP contribution is 2.36. The van der Waals surface area contributed by atoms with Gasteiger partial charge in [-0.15, -0.1) is 0 Å². The molecule has 3 aromatic heterocycles. The molecule has 10 nitrogen and oxygen atoms in total. The van der Waals surface area contributed by atoms with Crippen molar-refractivity contribution >= 4 is 28.6 Å². The topological polar surface area (TPSA) is 119 Å². The zero-order valence-electron chi connectivity index (χ0n) is 20.3. The van der Waals surface area contributed by atoms with E-state index in [2.05, 4.69) is 34.6 Å². The molecule has 1 atom stereocenters. The van der Waals surface area contributed by atoms with Gasteiger partial charge in [0.15, 0.2) is 0 Å². The van der Waals surface area contributed by atoms with Crippen LogP contribution in [0.2, 0.25) is 0 Å². The van der Waals surface area contributed by atoms with E-state index in [1.807, 2.05) is 31.4 Å². The minimum absolute atomic E-state index is 0.0756. The van der Waals surface area contributed by atoms with Crippen LogP contribution >= 0.6 is 0 Å². The molecule has 1 saturated heterocycles. The highest BCUT2D eigenvalue weighted by atomic mass is 16.5. The lowest BCUT2D eigenvalue weighted by atomic mass is 9.98. The van der Waals surface area contributed by atoms with Crippen LogP contribution in [0.15, 0.2) is 36.7 Å². The number of anilines is 2. The zero-order chi connectivity index (χ0) is 24.5. The van der Waals surface area contributed by atoms with Crippen molar-refractivity contribution in [3.63, 3.8) is 0 Å². The first kappa shape index (κ1) is 22.9. The summed E-state index contributed by atoms with van der Waals surface area (Å²) < 4.78 is 13.6. The second-order valence-corrected chi connectivity index (χ2v) is 8.88. The number of amides is 1. The molecular weight excluding hydrogens is 446 g/mol. The molecule has 4 aromatic rings. The standard InChI is InChI=1S/C25H29N7O3/c1-14(2)17-11-15(23(33)26-3)5-6-19(17)29-25-30-22-21(24(31-25)35-16-8-10-34-13-16)18(12-27-22)20-7-9-28-32(20)4/h5-7,9,11-12,14,16H,8,10,13H2,1-4H3,(H,26,33)(H2,27,29,30,31)/t16-/m0/s1. The summed E-state index contributed by atoms with van der Waals surface area (Å²) in [6.45, 7) is 5.36. The number of aromatic nitrogens is 5. The maximum Gasteiger partial charge on any atom is 0.251 e. The van der Waals surface area contributed by atoms with Crippen molar-refractivity contribution in [3.05, 3.63) is 47.8 Å². The van der Waals surface area contributed by atoms with Gasteiger partial charge in [0.1, 0.15) is 11.8 Å². The largest absolute Gasteiger partial charge is 0.471 e. The lowest BCUT2D eigenvalue weighted by Gasteiger charge is -2.17. The third-order valence-corrected chi connectivity index (χ3v) is 6.17. The number of rotatable bonds is 7. The quantitative estimate of drug-likeness (QED) is 0.372.